The first-order valence-electron chi connectivity index (χ1n) is 6.47. The third-order valence-corrected chi connectivity index (χ3v) is 5.41. The molecule has 1 aliphatic rings. The van der Waals surface area contributed by atoms with E-state index < -0.39 is 0 Å². The van der Waals surface area contributed by atoms with E-state index in [-0.39, 0.29) is 11.3 Å². The van der Waals surface area contributed by atoms with Gasteiger partial charge in [0.15, 0.2) is 0 Å². The summed E-state index contributed by atoms with van der Waals surface area (Å²) in [6.07, 6.45) is 2.02. The Hall–Kier alpha value is -1.20. The van der Waals surface area contributed by atoms with Crippen molar-refractivity contribution in [2.45, 2.75) is 5.37 Å². The first-order chi connectivity index (χ1) is 9.68. The quantitative estimate of drug-likeness (QED) is 0.825. The van der Waals surface area contributed by atoms with Gasteiger partial charge >= 0.3 is 0 Å². The van der Waals surface area contributed by atoms with Gasteiger partial charge in [0.25, 0.3) is 5.91 Å². The van der Waals surface area contributed by atoms with Crippen LogP contribution in [0.15, 0.2) is 47.1 Å². The van der Waals surface area contributed by atoms with Gasteiger partial charge in [-0.3, -0.25) is 4.79 Å². The summed E-state index contributed by atoms with van der Waals surface area (Å²) in [5.41, 5.74) is 1.90. The summed E-state index contributed by atoms with van der Waals surface area (Å²) in [7, 11) is 2.02. The van der Waals surface area contributed by atoms with Gasteiger partial charge < -0.3 is 9.47 Å². The molecule has 2 aromatic rings. The Morgan fingerprint density at radius 3 is 2.80 bits per heavy atom. The maximum absolute atomic E-state index is 12.8. The zero-order chi connectivity index (χ0) is 14.1. The highest BCUT2D eigenvalue weighted by molar-refractivity contribution is 9.10. The van der Waals surface area contributed by atoms with Gasteiger partial charge in [0.05, 0.1) is 11.3 Å². The van der Waals surface area contributed by atoms with Crippen molar-refractivity contribution in [2.24, 2.45) is 7.05 Å². The molecule has 20 heavy (non-hydrogen) atoms. The van der Waals surface area contributed by atoms with Crippen LogP contribution in [-0.4, -0.2) is 27.7 Å². The minimum atomic E-state index is 0.0914. The van der Waals surface area contributed by atoms with Crippen LogP contribution >= 0.6 is 27.7 Å². The van der Waals surface area contributed by atoms with E-state index in [4.69, 9.17) is 0 Å². The van der Waals surface area contributed by atoms with Gasteiger partial charge in [-0.05, 0) is 40.2 Å². The summed E-state index contributed by atoms with van der Waals surface area (Å²) in [5, 5.41) is 0.106. The third-order valence-electron chi connectivity index (χ3n) is 3.49. The second kappa shape index (κ2) is 5.66. The van der Waals surface area contributed by atoms with Crippen molar-refractivity contribution < 1.29 is 4.79 Å². The minimum absolute atomic E-state index is 0.0914. The lowest BCUT2D eigenvalue weighted by atomic mass is 10.2. The Morgan fingerprint density at radius 1 is 1.30 bits per heavy atom. The fourth-order valence-corrected chi connectivity index (χ4v) is 4.22. The number of aromatic nitrogens is 1. The highest BCUT2D eigenvalue weighted by Gasteiger charge is 2.33. The predicted molar refractivity (Wildman–Crippen MR) is 85.8 cm³/mol. The van der Waals surface area contributed by atoms with Crippen molar-refractivity contribution >= 4 is 33.6 Å². The molecule has 3 nitrogen and oxygen atoms in total. The van der Waals surface area contributed by atoms with E-state index in [0.29, 0.717) is 0 Å². The lowest BCUT2D eigenvalue weighted by molar-refractivity contribution is 0.0756. The number of thioether (sulfide) groups is 1. The summed E-state index contributed by atoms with van der Waals surface area (Å²) >= 11 is 5.29. The van der Waals surface area contributed by atoms with E-state index in [1.54, 1.807) is 0 Å². The monoisotopic (exact) mass is 350 g/mol. The van der Waals surface area contributed by atoms with Gasteiger partial charge in [-0.15, -0.1) is 11.8 Å². The minimum Gasteiger partial charge on any atom is -0.352 e. The topological polar surface area (TPSA) is 25.2 Å². The van der Waals surface area contributed by atoms with Crippen LogP contribution in [0.1, 0.15) is 21.4 Å². The molecule has 1 aromatic heterocycles. The molecule has 0 radical (unpaired) electrons. The molecule has 1 fully saturated rings. The van der Waals surface area contributed by atoms with Crippen LogP contribution in [-0.2, 0) is 7.05 Å². The first kappa shape index (κ1) is 13.8. The van der Waals surface area contributed by atoms with Crippen molar-refractivity contribution in [2.75, 3.05) is 12.3 Å². The number of rotatable bonds is 2. The summed E-state index contributed by atoms with van der Waals surface area (Å²) < 4.78 is 2.94. The number of hydrogen-bond donors (Lipinski definition) is 0. The van der Waals surface area contributed by atoms with Crippen molar-refractivity contribution in [3.63, 3.8) is 0 Å². The standard InChI is InChI=1S/C15H15BrN2OS/c1-17-8-4-7-13(17)15-18(9-10-20-15)14(19)11-5-2-3-6-12(11)16/h2-8,15H,9-10H2,1H3. The zero-order valence-electron chi connectivity index (χ0n) is 11.1. The Bertz CT molecular complexity index is 640. The Morgan fingerprint density at radius 2 is 2.10 bits per heavy atom. The average Bonchev–Trinajstić information content (AvgIpc) is 3.06. The number of hydrogen-bond acceptors (Lipinski definition) is 2. The number of halogens is 1. The lowest BCUT2D eigenvalue weighted by Crippen LogP contribution is -2.31. The Kier molecular flexibility index (Phi) is 3.89. The number of amides is 1. The summed E-state index contributed by atoms with van der Waals surface area (Å²) in [6, 6.07) is 11.7. The molecular weight excluding hydrogens is 336 g/mol. The molecular formula is C15H15BrN2OS. The van der Waals surface area contributed by atoms with Crippen LogP contribution in [0, 0.1) is 0 Å². The molecule has 1 amide bonds. The Labute approximate surface area is 131 Å². The normalized spacial score (nSPS) is 18.5. The van der Waals surface area contributed by atoms with Crippen molar-refractivity contribution in [3.8, 4) is 0 Å². The maximum Gasteiger partial charge on any atom is 0.256 e. The molecule has 0 saturated carbocycles. The fraction of sp³-hybridized carbons (Fsp3) is 0.267. The van der Waals surface area contributed by atoms with E-state index in [2.05, 4.69) is 26.6 Å². The van der Waals surface area contributed by atoms with E-state index in [9.17, 15) is 4.79 Å². The molecule has 3 rings (SSSR count). The molecule has 1 unspecified atom stereocenters. The molecule has 0 spiro atoms. The highest BCUT2D eigenvalue weighted by Crippen LogP contribution is 2.39. The molecule has 5 heteroatoms. The molecule has 0 bridgehead atoms. The van der Waals surface area contributed by atoms with Gasteiger partial charge in [0.1, 0.15) is 5.37 Å². The van der Waals surface area contributed by atoms with E-state index in [1.807, 2.05) is 60.2 Å². The molecule has 1 saturated heterocycles. The second-order valence-corrected chi connectivity index (χ2v) is 6.79. The van der Waals surface area contributed by atoms with E-state index in [1.165, 1.54) is 5.69 Å². The SMILES string of the molecule is Cn1cccc1C1SCCN1C(=O)c1ccccc1Br. The summed E-state index contributed by atoms with van der Waals surface area (Å²) in [6.45, 7) is 0.792. The van der Waals surface area contributed by atoms with Crippen molar-refractivity contribution in [1.82, 2.24) is 9.47 Å². The maximum atomic E-state index is 12.8. The molecule has 2 heterocycles. The predicted octanol–water partition coefficient (Wildman–Crippen LogP) is 3.68. The smallest absolute Gasteiger partial charge is 0.256 e. The van der Waals surface area contributed by atoms with Crippen LogP contribution in [0.2, 0.25) is 0 Å². The van der Waals surface area contributed by atoms with Gasteiger partial charge in [0.2, 0.25) is 0 Å². The number of benzene rings is 1. The zero-order valence-corrected chi connectivity index (χ0v) is 13.5. The number of nitrogens with zero attached hydrogens (tertiary/aromatic N) is 2. The molecule has 1 aliphatic heterocycles. The average molecular weight is 351 g/mol. The lowest BCUT2D eigenvalue weighted by Gasteiger charge is -2.24. The molecule has 0 aliphatic carbocycles. The van der Waals surface area contributed by atoms with Crippen LogP contribution in [0.3, 0.4) is 0 Å². The molecule has 104 valence electrons. The first-order valence-corrected chi connectivity index (χ1v) is 8.31. The van der Waals surface area contributed by atoms with Gasteiger partial charge in [-0.25, -0.2) is 0 Å². The highest BCUT2D eigenvalue weighted by atomic mass is 79.9. The van der Waals surface area contributed by atoms with E-state index in [0.717, 1.165) is 22.3 Å². The van der Waals surface area contributed by atoms with Crippen LogP contribution in [0.5, 0.6) is 0 Å². The van der Waals surface area contributed by atoms with Crippen LogP contribution in [0.4, 0.5) is 0 Å². The van der Waals surface area contributed by atoms with Gasteiger partial charge in [0, 0.05) is 30.0 Å². The van der Waals surface area contributed by atoms with E-state index >= 15 is 0 Å². The number of aryl methyl sites for hydroxylation is 1. The van der Waals surface area contributed by atoms with Crippen molar-refractivity contribution in [3.05, 3.63) is 58.3 Å². The summed E-state index contributed by atoms with van der Waals surface area (Å²) in [4.78, 5) is 14.7. The number of carbonyl (C=O) groups is 1. The molecule has 0 N–H and O–H groups in total. The van der Waals surface area contributed by atoms with Gasteiger partial charge in [-0.1, -0.05) is 12.1 Å². The molecule has 1 aromatic carbocycles. The Balaban J connectivity index is 1.92. The number of carbonyl (C=O) groups excluding carboxylic acids is 1. The third kappa shape index (κ3) is 2.40. The molecule has 1 atom stereocenters. The van der Waals surface area contributed by atoms with Crippen LogP contribution in [0.25, 0.3) is 0 Å². The second-order valence-electron chi connectivity index (χ2n) is 4.75. The van der Waals surface area contributed by atoms with Gasteiger partial charge in [-0.2, -0.15) is 0 Å². The fourth-order valence-electron chi connectivity index (χ4n) is 2.44. The largest absolute Gasteiger partial charge is 0.352 e. The van der Waals surface area contributed by atoms with Crippen LogP contribution < -0.4 is 0 Å². The summed E-state index contributed by atoms with van der Waals surface area (Å²) in [5.74, 6) is 1.07. The van der Waals surface area contributed by atoms with Crippen molar-refractivity contribution in [1.29, 1.82) is 0 Å².